The number of hydrogen-bond acceptors (Lipinski definition) is 3. The lowest BCUT2D eigenvalue weighted by molar-refractivity contribution is -0.385. The molecule has 11 heteroatoms. The molecular weight excluding hydrogens is 394 g/mol. The van der Waals surface area contributed by atoms with Gasteiger partial charge in [0, 0.05) is 12.1 Å². The first-order valence-corrected chi connectivity index (χ1v) is 7.64. The Kier molecular flexibility index (Phi) is 5.95. The second-order valence-electron chi connectivity index (χ2n) is 5.77. The van der Waals surface area contributed by atoms with Crippen LogP contribution >= 0.6 is 0 Å². The molecule has 0 aliphatic heterocycles. The number of nitrogens with one attached hydrogen (secondary N) is 1. The zero-order chi connectivity index (χ0) is 21.1. The van der Waals surface area contributed by atoms with Crippen LogP contribution < -0.4 is 5.32 Å². The summed E-state index contributed by atoms with van der Waals surface area (Å²) in [5, 5.41) is 12.4. The summed E-state index contributed by atoms with van der Waals surface area (Å²) in [5.74, 6) is -1.19. The number of rotatable bonds is 5. The second-order valence-corrected chi connectivity index (χ2v) is 5.77. The third-order valence-electron chi connectivity index (χ3n) is 3.67. The predicted octanol–water partition coefficient (Wildman–Crippen LogP) is 4.58. The molecule has 1 unspecified atom stereocenters. The first-order valence-electron chi connectivity index (χ1n) is 7.64. The summed E-state index contributed by atoms with van der Waals surface area (Å²) in [4.78, 5) is 21.9. The highest BCUT2D eigenvalue weighted by atomic mass is 19.4. The van der Waals surface area contributed by atoms with E-state index in [1.807, 2.05) is 0 Å². The van der Waals surface area contributed by atoms with Crippen LogP contribution in [0.15, 0.2) is 48.5 Å². The van der Waals surface area contributed by atoms with E-state index in [1.54, 1.807) is 5.32 Å². The van der Waals surface area contributed by atoms with Crippen molar-refractivity contribution in [1.82, 2.24) is 5.32 Å². The average molecular weight is 406 g/mol. The average Bonchev–Trinajstić information content (AvgIpc) is 2.58. The summed E-state index contributed by atoms with van der Waals surface area (Å²) >= 11 is 0. The molecule has 5 nitrogen and oxygen atoms in total. The standard InChI is InChI=1S/C17H12F6N2O3/c18-16(19,20)12-5-1-3-10(7-12)8-14(26)24-15(17(21,22)23)11-4-2-6-13(9-11)25(27)28/h1-7,9,15H,8H2,(H,24,26). The molecule has 1 amide bonds. The summed E-state index contributed by atoms with van der Waals surface area (Å²) in [6.07, 6.45) is -10.4. The molecule has 1 atom stereocenters. The van der Waals surface area contributed by atoms with Crippen LogP contribution in [-0.4, -0.2) is 17.0 Å². The monoisotopic (exact) mass is 406 g/mol. The highest BCUT2D eigenvalue weighted by Crippen LogP contribution is 2.34. The summed E-state index contributed by atoms with van der Waals surface area (Å²) in [6.45, 7) is 0. The zero-order valence-corrected chi connectivity index (χ0v) is 13.8. The van der Waals surface area contributed by atoms with Gasteiger partial charge in [0.2, 0.25) is 5.91 Å². The first-order chi connectivity index (χ1) is 12.9. The minimum atomic E-state index is -4.97. The summed E-state index contributed by atoms with van der Waals surface area (Å²) in [5.41, 5.74) is -2.34. The Hall–Kier alpha value is -3.11. The molecule has 0 aromatic heterocycles. The Balaban J connectivity index is 2.23. The molecule has 0 heterocycles. The Morgan fingerprint density at radius 3 is 2.25 bits per heavy atom. The van der Waals surface area contributed by atoms with E-state index in [4.69, 9.17) is 0 Å². The van der Waals surface area contributed by atoms with E-state index in [-0.39, 0.29) is 5.56 Å². The third kappa shape index (κ3) is 5.44. The smallest absolute Gasteiger partial charge is 0.341 e. The molecule has 2 aromatic carbocycles. The summed E-state index contributed by atoms with van der Waals surface area (Å²) in [7, 11) is 0. The Labute approximate surface area is 154 Å². The maximum Gasteiger partial charge on any atom is 0.416 e. The van der Waals surface area contributed by atoms with Gasteiger partial charge >= 0.3 is 12.4 Å². The summed E-state index contributed by atoms with van der Waals surface area (Å²) in [6, 6.07) is 4.73. The van der Waals surface area contributed by atoms with Crippen LogP contribution in [0, 0.1) is 10.1 Å². The number of halogens is 6. The fourth-order valence-electron chi connectivity index (χ4n) is 2.43. The van der Waals surface area contributed by atoms with Crippen LogP contribution in [0.1, 0.15) is 22.7 Å². The van der Waals surface area contributed by atoms with Gasteiger partial charge in [0.05, 0.1) is 16.9 Å². The molecule has 2 aromatic rings. The molecule has 0 aliphatic rings. The van der Waals surface area contributed by atoms with Gasteiger partial charge in [0.1, 0.15) is 0 Å². The molecule has 0 saturated heterocycles. The molecular formula is C17H12F6N2O3. The van der Waals surface area contributed by atoms with Crippen LogP contribution in [0.25, 0.3) is 0 Å². The van der Waals surface area contributed by atoms with Crippen molar-refractivity contribution in [2.45, 2.75) is 24.8 Å². The first kappa shape index (κ1) is 21.2. The number of nitrogens with zero attached hydrogens (tertiary/aromatic N) is 1. The Morgan fingerprint density at radius 2 is 1.68 bits per heavy atom. The maximum atomic E-state index is 13.3. The van der Waals surface area contributed by atoms with E-state index >= 15 is 0 Å². The van der Waals surface area contributed by atoms with Gasteiger partial charge in [-0.05, 0) is 17.2 Å². The predicted molar refractivity (Wildman–Crippen MR) is 85.2 cm³/mol. The normalized spacial score (nSPS) is 13.1. The van der Waals surface area contributed by atoms with Gasteiger partial charge in [-0.15, -0.1) is 0 Å². The quantitative estimate of drug-likeness (QED) is 0.449. The molecule has 0 aliphatic carbocycles. The molecule has 1 N–H and O–H groups in total. The number of non-ortho nitro benzene ring substituents is 1. The number of alkyl halides is 6. The van der Waals surface area contributed by atoms with Crippen LogP contribution in [0.2, 0.25) is 0 Å². The number of carbonyl (C=O) groups excluding carboxylic acids is 1. The molecule has 28 heavy (non-hydrogen) atoms. The Bertz CT molecular complexity index is 880. The number of carbonyl (C=O) groups is 1. The molecule has 0 radical (unpaired) electrons. The fraction of sp³-hybridized carbons (Fsp3) is 0.235. The molecule has 0 bridgehead atoms. The number of amides is 1. The van der Waals surface area contributed by atoms with Gasteiger partial charge in [-0.2, -0.15) is 26.3 Å². The number of nitro groups is 1. The second kappa shape index (κ2) is 7.87. The van der Waals surface area contributed by atoms with E-state index in [1.165, 1.54) is 6.07 Å². The van der Waals surface area contributed by atoms with E-state index in [0.717, 1.165) is 30.3 Å². The van der Waals surface area contributed by atoms with Crippen molar-refractivity contribution >= 4 is 11.6 Å². The topological polar surface area (TPSA) is 72.2 Å². The number of hydrogen-bond donors (Lipinski definition) is 1. The minimum absolute atomic E-state index is 0.132. The Morgan fingerprint density at radius 1 is 1.04 bits per heavy atom. The molecule has 0 spiro atoms. The van der Waals surface area contributed by atoms with Gasteiger partial charge in [-0.3, -0.25) is 14.9 Å². The SMILES string of the molecule is O=C(Cc1cccc(C(F)(F)F)c1)NC(c1cccc([N+](=O)[O-])c1)C(F)(F)F. The van der Waals surface area contributed by atoms with E-state index in [2.05, 4.69) is 0 Å². The van der Waals surface area contributed by atoms with Gasteiger partial charge in [-0.1, -0.05) is 30.3 Å². The zero-order valence-electron chi connectivity index (χ0n) is 13.8. The fourth-order valence-corrected chi connectivity index (χ4v) is 2.43. The van der Waals surface area contributed by atoms with Crippen LogP contribution in [0.5, 0.6) is 0 Å². The van der Waals surface area contributed by atoms with Crippen molar-refractivity contribution < 1.29 is 36.1 Å². The number of benzene rings is 2. The van der Waals surface area contributed by atoms with Gasteiger partial charge in [0.25, 0.3) is 5.69 Å². The van der Waals surface area contributed by atoms with E-state index < -0.39 is 52.5 Å². The largest absolute Gasteiger partial charge is 0.416 e. The van der Waals surface area contributed by atoms with Crippen molar-refractivity contribution in [3.63, 3.8) is 0 Å². The van der Waals surface area contributed by atoms with Gasteiger partial charge in [0.15, 0.2) is 6.04 Å². The van der Waals surface area contributed by atoms with Gasteiger partial charge < -0.3 is 5.32 Å². The molecule has 0 fully saturated rings. The van der Waals surface area contributed by atoms with Crippen LogP contribution in [0.3, 0.4) is 0 Å². The van der Waals surface area contributed by atoms with Crippen molar-refractivity contribution in [2.75, 3.05) is 0 Å². The van der Waals surface area contributed by atoms with Crippen molar-refractivity contribution in [3.8, 4) is 0 Å². The summed E-state index contributed by atoms with van der Waals surface area (Å²) < 4.78 is 78.0. The number of nitro benzene ring substituents is 1. The highest BCUT2D eigenvalue weighted by molar-refractivity contribution is 5.79. The van der Waals surface area contributed by atoms with Crippen LogP contribution in [-0.2, 0) is 17.4 Å². The van der Waals surface area contributed by atoms with Crippen molar-refractivity contribution in [3.05, 3.63) is 75.3 Å². The van der Waals surface area contributed by atoms with Gasteiger partial charge in [-0.25, -0.2) is 0 Å². The van der Waals surface area contributed by atoms with E-state index in [9.17, 15) is 41.3 Å². The van der Waals surface area contributed by atoms with E-state index in [0.29, 0.717) is 12.1 Å². The molecule has 150 valence electrons. The lowest BCUT2D eigenvalue weighted by Crippen LogP contribution is -2.38. The lowest BCUT2D eigenvalue weighted by atomic mass is 10.0. The molecule has 2 rings (SSSR count). The third-order valence-corrected chi connectivity index (χ3v) is 3.67. The lowest BCUT2D eigenvalue weighted by Gasteiger charge is -2.22. The minimum Gasteiger partial charge on any atom is -0.341 e. The van der Waals surface area contributed by atoms with Crippen LogP contribution in [0.4, 0.5) is 32.0 Å². The maximum absolute atomic E-state index is 13.3. The van der Waals surface area contributed by atoms with Crippen molar-refractivity contribution in [1.29, 1.82) is 0 Å². The highest BCUT2D eigenvalue weighted by Gasteiger charge is 2.42. The van der Waals surface area contributed by atoms with Crippen molar-refractivity contribution in [2.24, 2.45) is 0 Å². The molecule has 0 saturated carbocycles.